The number of hydroxylamine groups is 1. The van der Waals surface area contributed by atoms with Gasteiger partial charge >= 0.3 is 5.97 Å². The lowest BCUT2D eigenvalue weighted by molar-refractivity contribution is 0.0256. The van der Waals surface area contributed by atoms with Gasteiger partial charge in [0.05, 0.1) is 11.3 Å². The van der Waals surface area contributed by atoms with Crippen LogP contribution in [-0.4, -0.2) is 12.5 Å². The van der Waals surface area contributed by atoms with Gasteiger partial charge in [-0.05, 0) is 23.3 Å². The second-order valence-corrected chi connectivity index (χ2v) is 9.57. The molecular formula is C31H43NO2+. The predicted octanol–water partition coefficient (Wildman–Crippen LogP) is 9.14. The minimum Gasteiger partial charge on any atom is -0.195 e. The van der Waals surface area contributed by atoms with Crippen molar-refractivity contribution < 1.29 is 9.63 Å². The van der Waals surface area contributed by atoms with Crippen LogP contribution in [0.2, 0.25) is 0 Å². The molecule has 0 aliphatic heterocycles. The van der Waals surface area contributed by atoms with Crippen LogP contribution in [0.15, 0.2) is 54.6 Å². The Morgan fingerprint density at radius 1 is 0.647 bits per heavy atom. The molecule has 0 atom stereocenters. The lowest BCUT2D eigenvalue weighted by Crippen LogP contribution is -2.21. The van der Waals surface area contributed by atoms with E-state index < -0.39 is 0 Å². The van der Waals surface area contributed by atoms with Crippen LogP contribution in [0.3, 0.4) is 0 Å². The highest BCUT2D eigenvalue weighted by Crippen LogP contribution is 2.28. The SMILES string of the molecule is CCCCCCCCCCCCCCCCNOC(=[O+])c1c2ccccc2cc2ccccc12. The fraction of sp³-hybridized carbons (Fsp3) is 0.516. The molecule has 0 saturated heterocycles. The summed E-state index contributed by atoms with van der Waals surface area (Å²) in [5, 5.41) is 3.98. The third-order valence-electron chi connectivity index (χ3n) is 6.77. The van der Waals surface area contributed by atoms with Gasteiger partial charge in [0.2, 0.25) is 0 Å². The van der Waals surface area contributed by atoms with E-state index in [2.05, 4.69) is 18.5 Å². The van der Waals surface area contributed by atoms with Crippen LogP contribution < -0.4 is 5.48 Å². The molecule has 0 bridgehead atoms. The quantitative estimate of drug-likeness (QED) is 0.0943. The molecule has 3 rings (SSSR count). The molecule has 183 valence electrons. The Morgan fingerprint density at radius 2 is 1.09 bits per heavy atom. The smallest absolute Gasteiger partial charge is 0.195 e. The number of rotatable bonds is 17. The molecule has 0 amide bonds. The van der Waals surface area contributed by atoms with Gasteiger partial charge in [-0.1, -0.05) is 144 Å². The molecule has 0 fully saturated rings. The Bertz CT molecular complexity index is 943. The molecule has 1 radical (unpaired) electrons. The summed E-state index contributed by atoms with van der Waals surface area (Å²) in [7, 11) is 0. The summed E-state index contributed by atoms with van der Waals surface area (Å²) in [6, 6.07) is 18.1. The minimum atomic E-state index is -0.307. The van der Waals surface area contributed by atoms with E-state index in [1.54, 1.807) is 0 Å². The minimum absolute atomic E-state index is 0.307. The Hall–Kier alpha value is -2.39. The van der Waals surface area contributed by atoms with Crippen molar-refractivity contribution in [2.45, 2.75) is 96.8 Å². The topological polar surface area (TPSA) is 41.2 Å². The molecule has 34 heavy (non-hydrogen) atoms. The van der Waals surface area contributed by atoms with Crippen LogP contribution in [0, 0.1) is 0 Å². The lowest BCUT2D eigenvalue weighted by Gasteiger charge is -2.06. The number of unbranched alkanes of at least 4 members (excludes halogenated alkanes) is 13. The molecule has 0 heterocycles. The molecule has 0 aliphatic rings. The van der Waals surface area contributed by atoms with Crippen LogP contribution >= 0.6 is 0 Å². The molecule has 0 unspecified atom stereocenters. The Balaban J connectivity index is 1.27. The second kappa shape index (κ2) is 15.5. The van der Waals surface area contributed by atoms with Gasteiger partial charge in [0, 0.05) is 10.8 Å². The first-order chi connectivity index (χ1) is 16.8. The maximum atomic E-state index is 12.9. The summed E-state index contributed by atoms with van der Waals surface area (Å²) < 4.78 is 0. The number of fused-ring (bicyclic) bond motifs is 2. The summed E-state index contributed by atoms with van der Waals surface area (Å²) in [4.78, 5) is 18.4. The zero-order valence-corrected chi connectivity index (χ0v) is 21.1. The van der Waals surface area contributed by atoms with E-state index in [0.717, 1.165) is 28.0 Å². The van der Waals surface area contributed by atoms with E-state index in [4.69, 9.17) is 4.84 Å². The second-order valence-electron chi connectivity index (χ2n) is 9.57. The first-order valence-corrected chi connectivity index (χ1v) is 13.7. The first-order valence-electron chi connectivity index (χ1n) is 13.7. The van der Waals surface area contributed by atoms with E-state index in [9.17, 15) is 4.79 Å². The number of nitrogens with one attached hydrogen (secondary N) is 1. The van der Waals surface area contributed by atoms with Gasteiger partial charge in [0.15, 0.2) is 0 Å². The number of benzene rings is 3. The summed E-state index contributed by atoms with van der Waals surface area (Å²) >= 11 is 0. The molecule has 0 aliphatic carbocycles. The van der Waals surface area contributed by atoms with Gasteiger partial charge < -0.3 is 0 Å². The van der Waals surface area contributed by atoms with Crippen molar-refractivity contribution in [1.82, 2.24) is 5.48 Å². The van der Waals surface area contributed by atoms with Crippen molar-refractivity contribution >= 4 is 27.5 Å². The van der Waals surface area contributed by atoms with E-state index in [0.29, 0.717) is 12.1 Å². The molecule has 0 saturated carbocycles. The van der Waals surface area contributed by atoms with Crippen molar-refractivity contribution in [3.8, 4) is 0 Å². The third-order valence-corrected chi connectivity index (χ3v) is 6.77. The highest BCUT2D eigenvalue weighted by molar-refractivity contribution is 6.16. The van der Waals surface area contributed by atoms with Gasteiger partial charge in [-0.2, -0.15) is 4.84 Å². The summed E-state index contributed by atoms with van der Waals surface area (Å²) in [6.45, 7) is 2.98. The van der Waals surface area contributed by atoms with Crippen LogP contribution in [0.5, 0.6) is 0 Å². The molecule has 1 N–H and O–H groups in total. The largest absolute Gasteiger partial charge is 0.632 e. The van der Waals surface area contributed by atoms with Gasteiger partial charge in [0.1, 0.15) is 5.56 Å². The maximum Gasteiger partial charge on any atom is 0.632 e. The van der Waals surface area contributed by atoms with E-state index in [1.807, 2.05) is 48.5 Å². The van der Waals surface area contributed by atoms with E-state index in [1.165, 1.54) is 83.5 Å². The molecule has 3 heteroatoms. The molecule has 3 aromatic rings. The zero-order valence-electron chi connectivity index (χ0n) is 21.1. The molecule has 3 aromatic carbocycles. The lowest BCUT2D eigenvalue weighted by atomic mass is 9.97. The molecule has 0 spiro atoms. The number of hydrogen-bond acceptors (Lipinski definition) is 3. The summed E-state index contributed by atoms with van der Waals surface area (Å²) in [5.41, 5.74) is 3.55. The van der Waals surface area contributed by atoms with Crippen molar-refractivity contribution in [2.24, 2.45) is 0 Å². The fourth-order valence-electron chi connectivity index (χ4n) is 4.79. The predicted molar refractivity (Wildman–Crippen MR) is 145 cm³/mol. The van der Waals surface area contributed by atoms with Crippen molar-refractivity contribution in [1.29, 1.82) is 0 Å². The van der Waals surface area contributed by atoms with Gasteiger partial charge in [-0.15, -0.1) is 0 Å². The normalized spacial score (nSPS) is 11.3. The van der Waals surface area contributed by atoms with Crippen molar-refractivity contribution in [2.75, 3.05) is 6.54 Å². The Labute approximate surface area is 206 Å². The maximum absolute atomic E-state index is 12.9. The third kappa shape index (κ3) is 8.43. The average Bonchev–Trinajstić information content (AvgIpc) is 2.86. The van der Waals surface area contributed by atoms with E-state index in [-0.39, 0.29) is 5.97 Å². The van der Waals surface area contributed by atoms with Gasteiger partial charge in [0.25, 0.3) is 0 Å². The van der Waals surface area contributed by atoms with Gasteiger partial charge in [-0.3, -0.25) is 0 Å². The van der Waals surface area contributed by atoms with Crippen LogP contribution in [0.4, 0.5) is 0 Å². The molecular weight excluding hydrogens is 418 g/mol. The molecule has 3 nitrogen and oxygen atoms in total. The highest BCUT2D eigenvalue weighted by atomic mass is 16.7. The van der Waals surface area contributed by atoms with Crippen molar-refractivity contribution in [3.05, 3.63) is 60.2 Å². The van der Waals surface area contributed by atoms with Gasteiger partial charge in [-0.25, -0.2) is 0 Å². The van der Waals surface area contributed by atoms with Crippen LogP contribution in [-0.2, 0) is 4.84 Å². The number of carbonyl (C=O) groups is 1. The van der Waals surface area contributed by atoms with E-state index >= 15 is 0 Å². The fourth-order valence-corrected chi connectivity index (χ4v) is 4.79. The highest BCUT2D eigenvalue weighted by Gasteiger charge is 2.27. The zero-order chi connectivity index (χ0) is 23.8. The van der Waals surface area contributed by atoms with Crippen LogP contribution in [0.25, 0.3) is 21.5 Å². The summed E-state index contributed by atoms with van der Waals surface area (Å²) in [5.74, 6) is -0.307. The van der Waals surface area contributed by atoms with Crippen LogP contribution in [0.1, 0.15) is 107 Å². The Kier molecular flexibility index (Phi) is 12.0. The number of hydrogen-bond donors (Lipinski definition) is 1. The Morgan fingerprint density at radius 3 is 1.59 bits per heavy atom. The molecule has 0 aromatic heterocycles. The monoisotopic (exact) mass is 461 g/mol. The number of carbonyl (C=O) groups excluding carboxylic acids is 1. The summed E-state index contributed by atoms with van der Waals surface area (Å²) in [6.07, 6.45) is 18.8. The van der Waals surface area contributed by atoms with Crippen molar-refractivity contribution in [3.63, 3.8) is 0 Å². The standard InChI is InChI=1S/C31H43NO2/c1-2-3-4-5-6-7-8-9-10-11-12-13-14-19-24-32-34-31(33)30-28-22-17-15-20-26(28)25-27-21-16-18-23-29(27)30/h15-18,20-23,25,32H,2-14,19,24H2,1H3/q+1. The average molecular weight is 462 g/mol. The first kappa shape index (κ1) is 26.2.